The molecule has 0 aliphatic carbocycles. The van der Waals surface area contributed by atoms with Crippen molar-refractivity contribution >= 4 is 27.7 Å². The van der Waals surface area contributed by atoms with Crippen LogP contribution in [0.2, 0.25) is 0 Å². The molecule has 1 aliphatic rings. The molecule has 31 heavy (non-hydrogen) atoms. The average Bonchev–Trinajstić information content (AvgIpc) is 3.40. The molecule has 1 saturated heterocycles. The lowest BCUT2D eigenvalue weighted by molar-refractivity contribution is -0.918. The predicted molar refractivity (Wildman–Crippen MR) is 123 cm³/mol. The predicted octanol–water partition coefficient (Wildman–Crippen LogP) is 1.17. The molecule has 6 nitrogen and oxygen atoms in total. The van der Waals surface area contributed by atoms with Crippen LogP contribution in [0.15, 0.2) is 60.9 Å². The fourth-order valence-electron chi connectivity index (χ4n) is 4.87. The molecule has 1 aliphatic heterocycles. The monoisotopic (exact) mass is 417 g/mol. The number of aromatic nitrogens is 2. The Labute approximate surface area is 181 Å². The lowest BCUT2D eigenvalue weighted by Gasteiger charge is -2.30. The smallest absolute Gasteiger partial charge is 0.278 e. The lowest BCUT2D eigenvalue weighted by Crippen LogP contribution is -3.12. The fourth-order valence-corrected chi connectivity index (χ4v) is 4.87. The summed E-state index contributed by atoms with van der Waals surface area (Å²) in [4.78, 5) is 21.0. The maximum absolute atomic E-state index is 12.8. The number of likely N-dealkylation sites (tertiary alicyclic amines) is 1. The van der Waals surface area contributed by atoms with E-state index in [9.17, 15) is 4.79 Å². The SMILES string of the molecule is [NH3+][C@@H](Cc1c[nH]c2ccccc12)C(=O)NC1CC[NH+](Cc2c[nH]c3ccccc23)CC1. The van der Waals surface area contributed by atoms with Gasteiger partial charge in [0.15, 0.2) is 6.04 Å². The molecule has 1 atom stereocenters. The zero-order chi connectivity index (χ0) is 21.2. The zero-order valence-corrected chi connectivity index (χ0v) is 17.8. The summed E-state index contributed by atoms with van der Waals surface area (Å²) < 4.78 is 0. The summed E-state index contributed by atoms with van der Waals surface area (Å²) >= 11 is 0. The van der Waals surface area contributed by atoms with Crippen LogP contribution in [0.5, 0.6) is 0 Å². The third kappa shape index (κ3) is 4.22. The van der Waals surface area contributed by atoms with Crippen LogP contribution in [0.3, 0.4) is 0 Å². The average molecular weight is 418 g/mol. The Kier molecular flexibility index (Phi) is 5.49. The third-order valence-electron chi connectivity index (χ3n) is 6.67. The second-order valence-electron chi connectivity index (χ2n) is 8.83. The number of nitrogens with one attached hydrogen (secondary N) is 4. The van der Waals surface area contributed by atoms with E-state index in [0.29, 0.717) is 6.42 Å². The van der Waals surface area contributed by atoms with E-state index in [1.54, 1.807) is 4.90 Å². The molecule has 6 heteroatoms. The van der Waals surface area contributed by atoms with Crippen molar-refractivity contribution in [2.24, 2.45) is 0 Å². The first-order chi connectivity index (χ1) is 15.2. The van der Waals surface area contributed by atoms with Crippen LogP contribution >= 0.6 is 0 Å². The van der Waals surface area contributed by atoms with Gasteiger partial charge in [-0.25, -0.2) is 0 Å². The van der Waals surface area contributed by atoms with Crippen LogP contribution in [0.25, 0.3) is 21.8 Å². The van der Waals surface area contributed by atoms with Gasteiger partial charge in [0, 0.05) is 65.1 Å². The second kappa shape index (κ2) is 8.57. The summed E-state index contributed by atoms with van der Waals surface area (Å²) in [6.45, 7) is 3.19. The first kappa shape index (κ1) is 19.8. The fraction of sp³-hybridized carbons (Fsp3) is 0.320. The number of rotatable bonds is 6. The molecule has 0 unspecified atom stereocenters. The van der Waals surface area contributed by atoms with Gasteiger partial charge in [0.25, 0.3) is 5.91 Å². The van der Waals surface area contributed by atoms with E-state index in [1.807, 2.05) is 18.3 Å². The Morgan fingerprint density at radius 2 is 1.55 bits per heavy atom. The molecule has 0 radical (unpaired) electrons. The van der Waals surface area contributed by atoms with Crippen molar-refractivity contribution in [2.75, 3.05) is 13.1 Å². The van der Waals surface area contributed by atoms with Gasteiger partial charge in [-0.15, -0.1) is 0 Å². The summed E-state index contributed by atoms with van der Waals surface area (Å²) in [6, 6.07) is 16.7. The van der Waals surface area contributed by atoms with Gasteiger partial charge >= 0.3 is 0 Å². The van der Waals surface area contributed by atoms with Gasteiger partial charge in [-0.1, -0.05) is 36.4 Å². The van der Waals surface area contributed by atoms with Crippen molar-refractivity contribution in [3.05, 3.63) is 72.1 Å². The summed E-state index contributed by atoms with van der Waals surface area (Å²) in [5.41, 5.74) is 8.99. The lowest BCUT2D eigenvalue weighted by atomic mass is 10.0. The Balaban J connectivity index is 1.13. The number of hydrogen-bond donors (Lipinski definition) is 5. The molecule has 160 valence electrons. The van der Waals surface area contributed by atoms with Crippen molar-refractivity contribution in [1.82, 2.24) is 15.3 Å². The van der Waals surface area contributed by atoms with Crippen LogP contribution in [0.1, 0.15) is 24.0 Å². The maximum Gasteiger partial charge on any atom is 0.278 e. The molecule has 1 fully saturated rings. The number of amides is 1. The Morgan fingerprint density at radius 3 is 2.23 bits per heavy atom. The highest BCUT2D eigenvalue weighted by atomic mass is 16.2. The van der Waals surface area contributed by atoms with Crippen LogP contribution in [0, 0.1) is 0 Å². The topological polar surface area (TPSA) is 92.8 Å². The van der Waals surface area contributed by atoms with Gasteiger partial charge in [-0.3, -0.25) is 4.79 Å². The minimum Gasteiger partial charge on any atom is -0.361 e. The summed E-state index contributed by atoms with van der Waals surface area (Å²) in [7, 11) is 0. The highest BCUT2D eigenvalue weighted by molar-refractivity contribution is 5.85. The van der Waals surface area contributed by atoms with E-state index in [4.69, 9.17) is 0 Å². The first-order valence-electron chi connectivity index (χ1n) is 11.2. The number of carbonyl (C=O) groups is 1. The number of H-pyrrole nitrogens is 2. The molecule has 4 aromatic rings. The molecular weight excluding hydrogens is 386 g/mol. The van der Waals surface area contributed by atoms with Crippen molar-refractivity contribution in [1.29, 1.82) is 0 Å². The van der Waals surface area contributed by atoms with Crippen molar-refractivity contribution < 1.29 is 15.4 Å². The van der Waals surface area contributed by atoms with E-state index in [2.05, 4.69) is 63.6 Å². The van der Waals surface area contributed by atoms with Gasteiger partial charge in [0.05, 0.1) is 13.1 Å². The van der Waals surface area contributed by atoms with Gasteiger partial charge < -0.3 is 25.9 Å². The number of carbonyl (C=O) groups excluding carboxylic acids is 1. The number of fused-ring (bicyclic) bond motifs is 2. The molecule has 2 aromatic heterocycles. The van der Waals surface area contributed by atoms with Crippen molar-refractivity contribution in [3.63, 3.8) is 0 Å². The number of aromatic amines is 2. The van der Waals surface area contributed by atoms with Crippen molar-refractivity contribution in [2.45, 2.75) is 37.9 Å². The second-order valence-corrected chi connectivity index (χ2v) is 8.83. The molecular formula is C25H31N5O+2. The summed E-state index contributed by atoms with van der Waals surface area (Å²) in [5, 5.41) is 5.76. The normalized spacial score (nSPS) is 20.2. The number of benzene rings is 2. The Morgan fingerprint density at radius 1 is 0.968 bits per heavy atom. The van der Waals surface area contributed by atoms with E-state index in [1.165, 1.54) is 21.9 Å². The number of para-hydroxylation sites is 2. The van der Waals surface area contributed by atoms with Gasteiger partial charge in [0.2, 0.25) is 0 Å². The van der Waals surface area contributed by atoms with Crippen molar-refractivity contribution in [3.8, 4) is 0 Å². The number of piperidine rings is 1. The number of hydrogen-bond acceptors (Lipinski definition) is 1. The zero-order valence-electron chi connectivity index (χ0n) is 17.8. The van der Waals surface area contributed by atoms with Crippen LogP contribution in [-0.4, -0.2) is 41.0 Å². The summed E-state index contributed by atoms with van der Waals surface area (Å²) in [5.74, 6) is 0.0651. The first-order valence-corrected chi connectivity index (χ1v) is 11.2. The quantitative estimate of drug-likeness (QED) is 0.320. The Hall–Kier alpha value is -3.09. The van der Waals surface area contributed by atoms with Crippen LogP contribution < -0.4 is 16.0 Å². The van der Waals surface area contributed by atoms with Gasteiger partial charge in [0.1, 0.15) is 6.54 Å². The maximum atomic E-state index is 12.8. The van der Waals surface area contributed by atoms with E-state index >= 15 is 0 Å². The van der Waals surface area contributed by atoms with Crippen LogP contribution in [0.4, 0.5) is 0 Å². The highest BCUT2D eigenvalue weighted by Crippen LogP contribution is 2.19. The van der Waals surface area contributed by atoms with E-state index in [-0.39, 0.29) is 18.0 Å². The summed E-state index contributed by atoms with van der Waals surface area (Å²) in [6.07, 6.45) is 6.83. The third-order valence-corrected chi connectivity index (χ3v) is 6.67. The minimum atomic E-state index is -0.282. The van der Waals surface area contributed by atoms with E-state index < -0.39 is 0 Å². The number of quaternary nitrogens is 2. The molecule has 0 saturated carbocycles. The Bertz CT molecular complexity index is 1180. The highest BCUT2D eigenvalue weighted by Gasteiger charge is 2.27. The van der Waals surface area contributed by atoms with Gasteiger partial charge in [-0.05, 0) is 17.7 Å². The van der Waals surface area contributed by atoms with Crippen LogP contribution in [-0.2, 0) is 17.8 Å². The molecule has 2 aromatic carbocycles. The molecule has 3 heterocycles. The molecule has 0 spiro atoms. The molecule has 0 bridgehead atoms. The minimum absolute atomic E-state index is 0.0651. The molecule has 5 rings (SSSR count). The standard InChI is InChI=1S/C25H29N5O/c26-22(13-17-14-27-23-7-3-1-5-20(17)23)25(31)29-19-9-11-30(12-10-19)16-18-15-28-24-8-4-2-6-21(18)24/h1-8,14-15,19,22,27-28H,9-13,16,26H2,(H,29,31)/p+2/t22-/m0/s1. The molecule has 1 amide bonds. The van der Waals surface area contributed by atoms with E-state index in [0.717, 1.165) is 43.6 Å². The largest absolute Gasteiger partial charge is 0.361 e. The van der Waals surface area contributed by atoms with Gasteiger partial charge in [-0.2, -0.15) is 0 Å². The molecule has 7 N–H and O–H groups in total.